The molecule has 1 aliphatic heterocycles. The van der Waals surface area contributed by atoms with Gasteiger partial charge in [0.05, 0.1) is 0 Å². The molecule has 23 heavy (non-hydrogen) atoms. The summed E-state index contributed by atoms with van der Waals surface area (Å²) in [5.41, 5.74) is 0.319. The molecule has 6 nitrogen and oxygen atoms in total. The topological polar surface area (TPSA) is 81.9 Å². The third-order valence-electron chi connectivity index (χ3n) is 4.92. The summed E-state index contributed by atoms with van der Waals surface area (Å²) < 4.78 is 0. The zero-order chi connectivity index (χ0) is 16.1. The van der Waals surface area contributed by atoms with Crippen LogP contribution in [0.2, 0.25) is 0 Å². The van der Waals surface area contributed by atoms with Crippen molar-refractivity contribution in [2.24, 2.45) is 5.92 Å². The van der Waals surface area contributed by atoms with Crippen LogP contribution in [0, 0.1) is 17.2 Å². The Labute approximate surface area is 136 Å². The maximum absolute atomic E-state index is 12.4. The van der Waals surface area contributed by atoms with Crippen molar-refractivity contribution < 1.29 is 4.79 Å². The smallest absolute Gasteiger partial charge is 0.222 e. The summed E-state index contributed by atoms with van der Waals surface area (Å²) in [6.45, 7) is 1.84. The molecule has 2 aliphatic rings. The number of carbonyl (C=O) groups excluding carboxylic acids is 1. The molecule has 1 amide bonds. The van der Waals surface area contributed by atoms with Gasteiger partial charge in [0.25, 0.3) is 0 Å². The molecule has 2 atom stereocenters. The van der Waals surface area contributed by atoms with E-state index in [4.69, 9.17) is 5.26 Å². The molecule has 1 saturated heterocycles. The molecule has 122 valence electrons. The Morgan fingerprint density at radius 2 is 2.00 bits per heavy atom. The third kappa shape index (κ3) is 3.98. The van der Waals surface area contributed by atoms with E-state index in [0.29, 0.717) is 29.8 Å². The highest BCUT2D eigenvalue weighted by atomic mass is 16.2. The molecule has 1 aromatic rings. The lowest BCUT2D eigenvalue weighted by atomic mass is 9.82. The van der Waals surface area contributed by atoms with Gasteiger partial charge in [0.15, 0.2) is 5.69 Å². The van der Waals surface area contributed by atoms with Gasteiger partial charge in [-0.2, -0.15) is 5.26 Å². The van der Waals surface area contributed by atoms with Crippen molar-refractivity contribution in [3.63, 3.8) is 0 Å². The van der Waals surface area contributed by atoms with Crippen LogP contribution < -0.4 is 5.32 Å². The van der Waals surface area contributed by atoms with E-state index >= 15 is 0 Å². The first-order chi connectivity index (χ1) is 11.3. The number of aromatic nitrogens is 2. The fourth-order valence-electron chi connectivity index (χ4n) is 3.62. The molecule has 0 spiro atoms. The maximum Gasteiger partial charge on any atom is 0.222 e. The Morgan fingerprint density at radius 3 is 2.70 bits per heavy atom. The summed E-state index contributed by atoms with van der Waals surface area (Å²) in [5, 5.41) is 20.1. The Kier molecular flexibility index (Phi) is 5.06. The van der Waals surface area contributed by atoms with E-state index in [1.165, 1.54) is 12.8 Å². The van der Waals surface area contributed by atoms with Crippen LogP contribution in [0.3, 0.4) is 0 Å². The average molecular weight is 313 g/mol. The number of nitrogens with one attached hydrogen (secondary N) is 1. The fourth-order valence-corrected chi connectivity index (χ4v) is 3.62. The molecule has 2 heterocycles. The number of nitrogens with zero attached hydrogens (tertiary/aromatic N) is 4. The number of carbonyl (C=O) groups is 1. The zero-order valence-electron chi connectivity index (χ0n) is 13.4. The second-order valence-electron chi connectivity index (χ2n) is 6.50. The number of hydrogen-bond donors (Lipinski definition) is 1. The quantitative estimate of drug-likeness (QED) is 0.922. The van der Waals surface area contributed by atoms with E-state index in [-0.39, 0.29) is 6.04 Å². The van der Waals surface area contributed by atoms with Gasteiger partial charge in [-0.15, -0.1) is 10.2 Å². The van der Waals surface area contributed by atoms with Crippen LogP contribution in [0.1, 0.15) is 50.6 Å². The summed E-state index contributed by atoms with van der Waals surface area (Å²) in [6.07, 6.45) is 7.41. The van der Waals surface area contributed by atoms with E-state index in [1.807, 2.05) is 11.0 Å². The van der Waals surface area contributed by atoms with Crippen molar-refractivity contribution in [1.29, 1.82) is 5.26 Å². The van der Waals surface area contributed by atoms with E-state index in [0.717, 1.165) is 38.8 Å². The molecule has 0 radical (unpaired) electrons. The minimum Gasteiger partial charge on any atom is -0.366 e. The van der Waals surface area contributed by atoms with Crippen LogP contribution in [0.4, 0.5) is 5.82 Å². The molecule has 3 rings (SSSR count). The summed E-state index contributed by atoms with van der Waals surface area (Å²) >= 11 is 0. The molecule has 1 aliphatic carbocycles. The Bertz CT molecular complexity index is 574. The molecule has 1 aromatic heterocycles. The van der Waals surface area contributed by atoms with Crippen molar-refractivity contribution in [3.8, 4) is 6.07 Å². The first-order valence-electron chi connectivity index (χ1n) is 8.54. The van der Waals surface area contributed by atoms with Gasteiger partial charge in [-0.1, -0.05) is 12.8 Å². The molecular formula is C17H23N5O. The lowest BCUT2D eigenvalue weighted by Gasteiger charge is -2.33. The van der Waals surface area contributed by atoms with Gasteiger partial charge in [-0.25, -0.2) is 0 Å². The van der Waals surface area contributed by atoms with Gasteiger partial charge in [-0.3, -0.25) is 4.79 Å². The first-order valence-corrected chi connectivity index (χ1v) is 8.54. The van der Waals surface area contributed by atoms with Crippen LogP contribution >= 0.6 is 0 Å². The van der Waals surface area contributed by atoms with Crippen molar-refractivity contribution >= 4 is 11.7 Å². The Hall–Kier alpha value is -2.16. The highest BCUT2D eigenvalue weighted by Crippen LogP contribution is 2.30. The van der Waals surface area contributed by atoms with Crippen LogP contribution in [-0.4, -0.2) is 40.1 Å². The molecule has 6 heteroatoms. The monoisotopic (exact) mass is 313 g/mol. The van der Waals surface area contributed by atoms with Crippen LogP contribution in [0.15, 0.2) is 12.1 Å². The average Bonchev–Trinajstić information content (AvgIpc) is 3.12. The highest BCUT2D eigenvalue weighted by Gasteiger charge is 2.29. The molecule has 0 bridgehead atoms. The summed E-state index contributed by atoms with van der Waals surface area (Å²) in [7, 11) is 0. The minimum absolute atomic E-state index is 0.262. The lowest BCUT2D eigenvalue weighted by Crippen LogP contribution is -2.37. The lowest BCUT2D eigenvalue weighted by molar-refractivity contribution is -0.131. The number of nitriles is 1. The van der Waals surface area contributed by atoms with Gasteiger partial charge in [0.2, 0.25) is 5.91 Å². The second kappa shape index (κ2) is 7.40. The number of amides is 1. The van der Waals surface area contributed by atoms with Gasteiger partial charge in [-0.05, 0) is 43.7 Å². The molecule has 1 N–H and O–H groups in total. The molecule has 0 aromatic carbocycles. The van der Waals surface area contributed by atoms with Crippen LogP contribution in [0.5, 0.6) is 0 Å². The van der Waals surface area contributed by atoms with Crippen molar-refractivity contribution in [2.45, 2.75) is 51.0 Å². The molecule has 1 saturated carbocycles. The zero-order valence-corrected chi connectivity index (χ0v) is 13.4. The SMILES string of the molecule is N#Cc1ccc(N[C@H]2CCCC[C@H]2CC(=O)N2CCCC2)nn1. The van der Waals surface area contributed by atoms with Crippen LogP contribution in [0.25, 0.3) is 0 Å². The van der Waals surface area contributed by atoms with E-state index in [1.54, 1.807) is 12.1 Å². The largest absolute Gasteiger partial charge is 0.366 e. The Balaban J connectivity index is 1.61. The maximum atomic E-state index is 12.4. The van der Waals surface area contributed by atoms with Crippen molar-refractivity contribution in [3.05, 3.63) is 17.8 Å². The summed E-state index contributed by atoms with van der Waals surface area (Å²) in [6, 6.07) is 5.69. The fraction of sp³-hybridized carbons (Fsp3) is 0.647. The molecule has 0 unspecified atom stereocenters. The van der Waals surface area contributed by atoms with Gasteiger partial charge in [0, 0.05) is 25.6 Å². The van der Waals surface area contributed by atoms with E-state index in [9.17, 15) is 4.79 Å². The van der Waals surface area contributed by atoms with Crippen LogP contribution in [-0.2, 0) is 4.79 Å². The highest BCUT2D eigenvalue weighted by molar-refractivity contribution is 5.76. The second-order valence-corrected chi connectivity index (χ2v) is 6.50. The van der Waals surface area contributed by atoms with Crippen molar-refractivity contribution in [1.82, 2.24) is 15.1 Å². The number of hydrogen-bond acceptors (Lipinski definition) is 5. The van der Waals surface area contributed by atoms with E-state index < -0.39 is 0 Å². The number of rotatable bonds is 4. The normalized spacial score (nSPS) is 24.2. The first kappa shape index (κ1) is 15.7. The third-order valence-corrected chi connectivity index (χ3v) is 4.92. The Morgan fingerprint density at radius 1 is 1.22 bits per heavy atom. The van der Waals surface area contributed by atoms with Crippen molar-refractivity contribution in [2.75, 3.05) is 18.4 Å². The minimum atomic E-state index is 0.262. The number of anilines is 1. The standard InChI is InChI=1S/C17H23N5O/c18-12-14-7-8-16(21-20-14)19-15-6-2-1-5-13(15)11-17(23)22-9-3-4-10-22/h7-8,13,15H,1-6,9-11H2,(H,19,21)/t13-,15-/m0/s1. The number of likely N-dealkylation sites (tertiary alicyclic amines) is 1. The molecular weight excluding hydrogens is 290 g/mol. The van der Waals surface area contributed by atoms with Gasteiger partial charge in [0.1, 0.15) is 11.9 Å². The van der Waals surface area contributed by atoms with Gasteiger partial charge < -0.3 is 10.2 Å². The van der Waals surface area contributed by atoms with Gasteiger partial charge >= 0.3 is 0 Å². The van der Waals surface area contributed by atoms with E-state index in [2.05, 4.69) is 15.5 Å². The molecule has 2 fully saturated rings. The summed E-state index contributed by atoms with van der Waals surface area (Å²) in [4.78, 5) is 14.4. The summed E-state index contributed by atoms with van der Waals surface area (Å²) in [5.74, 6) is 1.34. The predicted octanol–water partition coefficient (Wildman–Crippen LogP) is 2.33. The predicted molar refractivity (Wildman–Crippen MR) is 86.5 cm³/mol.